The van der Waals surface area contributed by atoms with Crippen LogP contribution in [0.3, 0.4) is 0 Å². The van der Waals surface area contributed by atoms with Gasteiger partial charge in [-0.15, -0.1) is 0 Å². The Morgan fingerprint density at radius 3 is 2.38 bits per heavy atom. The summed E-state index contributed by atoms with van der Waals surface area (Å²) in [6, 6.07) is 0. The zero-order valence-electron chi connectivity index (χ0n) is 14.3. The van der Waals surface area contributed by atoms with Crippen molar-refractivity contribution in [3.63, 3.8) is 0 Å². The molecule has 0 saturated carbocycles. The standard InChI is InChI=1S/C17H35N3O/c1-4-18(3)11-16-7-10-20(12-16)14-17(21)13-19-8-5-15(2)6-9-19/h15-17,21H,4-14H2,1-3H3. The van der Waals surface area contributed by atoms with Crippen LogP contribution in [-0.2, 0) is 0 Å². The van der Waals surface area contributed by atoms with Gasteiger partial charge in [0, 0.05) is 26.2 Å². The summed E-state index contributed by atoms with van der Waals surface area (Å²) in [5, 5.41) is 10.3. The number of aliphatic hydroxyl groups is 1. The van der Waals surface area contributed by atoms with Crippen LogP contribution in [-0.4, -0.2) is 85.3 Å². The first-order chi connectivity index (χ1) is 10.1. The Morgan fingerprint density at radius 1 is 1.10 bits per heavy atom. The molecule has 0 aromatic rings. The maximum absolute atomic E-state index is 10.3. The van der Waals surface area contributed by atoms with Gasteiger partial charge in [-0.25, -0.2) is 0 Å². The van der Waals surface area contributed by atoms with Crippen molar-refractivity contribution in [1.29, 1.82) is 0 Å². The Kier molecular flexibility index (Phi) is 6.93. The van der Waals surface area contributed by atoms with Gasteiger partial charge in [0.25, 0.3) is 0 Å². The fraction of sp³-hybridized carbons (Fsp3) is 1.00. The molecule has 2 heterocycles. The van der Waals surface area contributed by atoms with Crippen LogP contribution in [0.25, 0.3) is 0 Å². The Labute approximate surface area is 131 Å². The van der Waals surface area contributed by atoms with E-state index in [1.165, 1.54) is 45.4 Å². The van der Waals surface area contributed by atoms with E-state index in [0.29, 0.717) is 0 Å². The van der Waals surface area contributed by atoms with Crippen LogP contribution in [0.15, 0.2) is 0 Å². The third-order valence-electron chi connectivity index (χ3n) is 5.29. The van der Waals surface area contributed by atoms with Gasteiger partial charge in [-0.1, -0.05) is 13.8 Å². The second-order valence-electron chi connectivity index (χ2n) is 7.41. The third-order valence-corrected chi connectivity index (χ3v) is 5.29. The molecule has 0 aromatic carbocycles. The van der Waals surface area contributed by atoms with E-state index in [0.717, 1.165) is 38.0 Å². The first-order valence-corrected chi connectivity index (χ1v) is 8.88. The minimum atomic E-state index is -0.180. The van der Waals surface area contributed by atoms with Gasteiger partial charge in [-0.2, -0.15) is 0 Å². The maximum atomic E-state index is 10.3. The summed E-state index contributed by atoms with van der Waals surface area (Å²) in [5.41, 5.74) is 0. The van der Waals surface area contributed by atoms with E-state index < -0.39 is 0 Å². The summed E-state index contributed by atoms with van der Waals surface area (Å²) >= 11 is 0. The summed E-state index contributed by atoms with van der Waals surface area (Å²) < 4.78 is 0. The molecule has 0 aromatic heterocycles. The molecule has 1 N–H and O–H groups in total. The van der Waals surface area contributed by atoms with Gasteiger partial charge in [-0.05, 0) is 64.3 Å². The van der Waals surface area contributed by atoms with Gasteiger partial charge in [0.1, 0.15) is 0 Å². The van der Waals surface area contributed by atoms with Gasteiger partial charge in [0.2, 0.25) is 0 Å². The first-order valence-electron chi connectivity index (χ1n) is 8.88. The zero-order valence-corrected chi connectivity index (χ0v) is 14.3. The summed E-state index contributed by atoms with van der Waals surface area (Å²) in [6.45, 7) is 13.3. The lowest BCUT2D eigenvalue weighted by atomic mass is 9.99. The summed E-state index contributed by atoms with van der Waals surface area (Å²) in [6.07, 6.45) is 3.70. The molecular weight excluding hydrogens is 262 g/mol. The Balaban J connectivity index is 1.63. The molecule has 2 fully saturated rings. The molecule has 4 nitrogen and oxygen atoms in total. The molecule has 2 atom stereocenters. The molecule has 0 amide bonds. The molecule has 0 radical (unpaired) electrons. The molecule has 0 bridgehead atoms. The number of β-amino-alcohol motifs (C(OH)–C–C–N with tert-alkyl or cyclic N) is 1. The zero-order chi connectivity index (χ0) is 15.2. The monoisotopic (exact) mass is 297 g/mol. The number of rotatable bonds is 7. The lowest BCUT2D eigenvalue weighted by molar-refractivity contribution is 0.0661. The van der Waals surface area contributed by atoms with Gasteiger partial charge in [0.15, 0.2) is 0 Å². The lowest BCUT2D eigenvalue weighted by Crippen LogP contribution is -2.42. The molecule has 2 rings (SSSR count). The van der Waals surface area contributed by atoms with Crippen molar-refractivity contribution in [3.8, 4) is 0 Å². The summed E-state index contributed by atoms with van der Waals surface area (Å²) in [7, 11) is 2.20. The van der Waals surface area contributed by atoms with Crippen molar-refractivity contribution in [2.75, 3.05) is 59.4 Å². The molecule has 2 aliphatic rings. The van der Waals surface area contributed by atoms with Crippen LogP contribution in [0.5, 0.6) is 0 Å². The predicted molar refractivity (Wildman–Crippen MR) is 88.6 cm³/mol. The molecule has 124 valence electrons. The van der Waals surface area contributed by atoms with E-state index in [1.54, 1.807) is 0 Å². The van der Waals surface area contributed by atoms with Crippen molar-refractivity contribution in [2.24, 2.45) is 11.8 Å². The molecule has 2 unspecified atom stereocenters. The fourth-order valence-corrected chi connectivity index (χ4v) is 3.70. The van der Waals surface area contributed by atoms with Crippen molar-refractivity contribution in [3.05, 3.63) is 0 Å². The third kappa shape index (κ3) is 5.85. The Bertz CT molecular complexity index is 292. The highest BCUT2D eigenvalue weighted by Crippen LogP contribution is 2.19. The van der Waals surface area contributed by atoms with E-state index in [-0.39, 0.29) is 6.10 Å². The topological polar surface area (TPSA) is 30.0 Å². The smallest absolute Gasteiger partial charge is 0.0793 e. The molecule has 21 heavy (non-hydrogen) atoms. The van der Waals surface area contributed by atoms with Gasteiger partial charge in [-0.3, -0.25) is 0 Å². The Hall–Kier alpha value is -0.160. The van der Waals surface area contributed by atoms with E-state index in [1.807, 2.05) is 0 Å². The first kappa shape index (κ1) is 17.2. The number of likely N-dealkylation sites (tertiary alicyclic amines) is 2. The highest BCUT2D eigenvalue weighted by molar-refractivity contribution is 4.80. The van der Waals surface area contributed by atoms with Gasteiger partial charge < -0.3 is 19.8 Å². The van der Waals surface area contributed by atoms with Crippen LogP contribution in [0.4, 0.5) is 0 Å². The number of piperidine rings is 1. The van der Waals surface area contributed by atoms with Crippen molar-refractivity contribution < 1.29 is 5.11 Å². The van der Waals surface area contributed by atoms with Crippen molar-refractivity contribution in [1.82, 2.24) is 14.7 Å². The van der Waals surface area contributed by atoms with Crippen molar-refractivity contribution >= 4 is 0 Å². The predicted octanol–water partition coefficient (Wildman–Crippen LogP) is 1.35. The minimum Gasteiger partial charge on any atom is -0.390 e. The molecule has 0 aliphatic carbocycles. The SMILES string of the molecule is CCN(C)CC1CCN(CC(O)CN2CCC(C)CC2)C1. The van der Waals surface area contributed by atoms with Gasteiger partial charge >= 0.3 is 0 Å². The maximum Gasteiger partial charge on any atom is 0.0793 e. The van der Waals surface area contributed by atoms with E-state index in [9.17, 15) is 5.11 Å². The highest BCUT2D eigenvalue weighted by atomic mass is 16.3. The summed E-state index contributed by atoms with van der Waals surface area (Å²) in [4.78, 5) is 7.31. The Morgan fingerprint density at radius 2 is 1.71 bits per heavy atom. The highest BCUT2D eigenvalue weighted by Gasteiger charge is 2.26. The molecule has 2 saturated heterocycles. The average Bonchev–Trinajstić information content (AvgIpc) is 2.88. The number of aliphatic hydroxyl groups excluding tert-OH is 1. The quantitative estimate of drug-likeness (QED) is 0.768. The van der Waals surface area contributed by atoms with Crippen molar-refractivity contribution in [2.45, 2.75) is 39.2 Å². The van der Waals surface area contributed by atoms with Crippen LogP contribution >= 0.6 is 0 Å². The lowest BCUT2D eigenvalue weighted by Gasteiger charge is -2.32. The van der Waals surface area contributed by atoms with E-state index in [2.05, 4.69) is 35.6 Å². The average molecular weight is 297 g/mol. The molecule has 4 heteroatoms. The summed E-state index contributed by atoms with van der Waals surface area (Å²) in [5.74, 6) is 1.66. The molecule has 0 spiro atoms. The number of nitrogens with zero attached hydrogens (tertiary/aromatic N) is 3. The number of hydrogen-bond donors (Lipinski definition) is 1. The molecule has 2 aliphatic heterocycles. The van der Waals surface area contributed by atoms with Crippen LogP contribution < -0.4 is 0 Å². The van der Waals surface area contributed by atoms with Crippen LogP contribution in [0, 0.1) is 11.8 Å². The second-order valence-corrected chi connectivity index (χ2v) is 7.41. The van der Waals surface area contributed by atoms with Gasteiger partial charge in [0.05, 0.1) is 6.10 Å². The number of hydrogen-bond acceptors (Lipinski definition) is 4. The van der Waals surface area contributed by atoms with Crippen LogP contribution in [0.1, 0.15) is 33.1 Å². The second kappa shape index (κ2) is 8.47. The molecular formula is C17H35N3O. The largest absolute Gasteiger partial charge is 0.390 e. The minimum absolute atomic E-state index is 0.180. The van der Waals surface area contributed by atoms with E-state index >= 15 is 0 Å². The fourth-order valence-electron chi connectivity index (χ4n) is 3.70. The van der Waals surface area contributed by atoms with E-state index in [4.69, 9.17) is 0 Å². The van der Waals surface area contributed by atoms with Crippen LogP contribution in [0.2, 0.25) is 0 Å². The normalized spacial score (nSPS) is 27.6.